The molecule has 3 rings (SSSR count). The molecule has 33 heavy (non-hydrogen) atoms. The van der Waals surface area contributed by atoms with Gasteiger partial charge in [-0.3, -0.25) is 4.57 Å². The number of nitrogens with zero attached hydrogens (tertiary/aromatic N) is 2. The van der Waals surface area contributed by atoms with Crippen LogP contribution < -0.4 is 15.2 Å². The second-order valence-corrected chi connectivity index (χ2v) is 9.96. The van der Waals surface area contributed by atoms with Crippen molar-refractivity contribution in [3.63, 3.8) is 0 Å². The molecule has 2 aromatic heterocycles. The smallest absolute Gasteiger partial charge is 0.338 e. The first-order valence-corrected chi connectivity index (χ1v) is 12.4. The Balaban J connectivity index is 2.16. The van der Waals surface area contributed by atoms with E-state index < -0.39 is 27.5 Å². The molecule has 1 N–H and O–H groups in total. The number of hydrogen-bond acceptors (Lipinski definition) is 8. The van der Waals surface area contributed by atoms with Gasteiger partial charge in [-0.1, -0.05) is 0 Å². The molecule has 0 aliphatic carbocycles. The van der Waals surface area contributed by atoms with Crippen LogP contribution in [0.1, 0.15) is 42.9 Å². The molecule has 1 aromatic carbocycles. The number of aromatic amines is 1. The zero-order valence-corrected chi connectivity index (χ0v) is 19.9. The molecule has 0 fully saturated rings. The minimum Gasteiger partial charge on any atom is -0.491 e. The molecule has 0 aliphatic rings. The van der Waals surface area contributed by atoms with Gasteiger partial charge in [0.2, 0.25) is 0 Å². The van der Waals surface area contributed by atoms with Crippen molar-refractivity contribution in [2.45, 2.75) is 32.9 Å². The van der Waals surface area contributed by atoms with Crippen molar-refractivity contribution in [3.8, 4) is 11.6 Å². The van der Waals surface area contributed by atoms with Crippen LogP contribution in [0.5, 0.6) is 11.6 Å². The lowest BCUT2D eigenvalue weighted by atomic mass is 10.1. The number of carbonyl (C=O) groups is 1. The predicted octanol–water partition coefficient (Wildman–Crippen LogP) is 2.33. The highest BCUT2D eigenvalue weighted by atomic mass is 32.2. The normalized spacial score (nSPS) is 12.7. The van der Waals surface area contributed by atoms with Gasteiger partial charge in [0.25, 0.3) is 5.88 Å². The summed E-state index contributed by atoms with van der Waals surface area (Å²) in [7, 11) is -2.05. The Labute approximate surface area is 191 Å². The Kier molecular flexibility index (Phi) is 7.11. The van der Waals surface area contributed by atoms with E-state index >= 15 is 0 Å². The Morgan fingerprint density at radius 3 is 2.55 bits per heavy atom. The molecule has 10 nitrogen and oxygen atoms in total. The number of imidazole rings is 1. The first kappa shape index (κ1) is 24.3. The van der Waals surface area contributed by atoms with E-state index in [1.54, 1.807) is 39.0 Å². The number of rotatable bonds is 9. The largest absolute Gasteiger partial charge is 0.491 e. The minimum atomic E-state index is -3.52. The standard InChI is InChI=1S/C22H27N3O7S/c1-6-31-20-19(30-4)10-8-15(23-20)18(12-33(5,28)29)25-17-9-7-14(21(26)32-13(2)3)11-16(17)24-22(25)27/h7-11,13,18H,6,12H2,1-5H3,(H,24,27). The van der Waals surface area contributed by atoms with E-state index in [0.717, 1.165) is 6.26 Å². The number of hydrogen-bond donors (Lipinski definition) is 1. The Hall–Kier alpha value is -3.34. The number of ether oxygens (including phenoxy) is 3. The van der Waals surface area contributed by atoms with E-state index in [2.05, 4.69) is 9.97 Å². The SMILES string of the molecule is CCOc1nc(C(CS(C)(=O)=O)n2c(=O)[nH]c3cc(C(=O)OC(C)C)ccc32)ccc1OC. The summed E-state index contributed by atoms with van der Waals surface area (Å²) in [6, 6.07) is 6.87. The second kappa shape index (κ2) is 9.65. The molecule has 0 spiro atoms. The van der Waals surface area contributed by atoms with Gasteiger partial charge in [0.05, 0.1) is 53.9 Å². The fraction of sp³-hybridized carbons (Fsp3) is 0.409. The van der Waals surface area contributed by atoms with E-state index in [0.29, 0.717) is 29.1 Å². The molecule has 11 heteroatoms. The molecule has 0 amide bonds. The molecule has 0 radical (unpaired) electrons. The Morgan fingerprint density at radius 2 is 1.94 bits per heavy atom. The number of benzene rings is 1. The van der Waals surface area contributed by atoms with Crippen LogP contribution in [0.25, 0.3) is 11.0 Å². The maximum absolute atomic E-state index is 12.9. The number of carbonyl (C=O) groups excluding carboxylic acids is 1. The highest BCUT2D eigenvalue weighted by molar-refractivity contribution is 7.90. The number of aromatic nitrogens is 3. The number of methoxy groups -OCH3 is 1. The number of sulfone groups is 1. The summed E-state index contributed by atoms with van der Waals surface area (Å²) in [5.74, 6) is -0.311. The monoisotopic (exact) mass is 477 g/mol. The van der Waals surface area contributed by atoms with Crippen LogP contribution in [0.15, 0.2) is 35.1 Å². The van der Waals surface area contributed by atoms with Gasteiger partial charge < -0.3 is 19.2 Å². The van der Waals surface area contributed by atoms with Gasteiger partial charge in [0.1, 0.15) is 9.84 Å². The topological polar surface area (TPSA) is 130 Å². The lowest BCUT2D eigenvalue weighted by molar-refractivity contribution is 0.0378. The van der Waals surface area contributed by atoms with Crippen LogP contribution in [0.4, 0.5) is 0 Å². The van der Waals surface area contributed by atoms with Crippen molar-refractivity contribution in [2.24, 2.45) is 0 Å². The van der Waals surface area contributed by atoms with Crippen LogP contribution in [0.2, 0.25) is 0 Å². The Bertz CT molecular complexity index is 1330. The lowest BCUT2D eigenvalue weighted by Gasteiger charge is -2.19. The summed E-state index contributed by atoms with van der Waals surface area (Å²) < 4.78 is 41.8. The van der Waals surface area contributed by atoms with Crippen LogP contribution in [0.3, 0.4) is 0 Å². The summed E-state index contributed by atoms with van der Waals surface area (Å²) in [4.78, 5) is 32.3. The Morgan fingerprint density at radius 1 is 1.21 bits per heavy atom. The van der Waals surface area contributed by atoms with Crippen LogP contribution >= 0.6 is 0 Å². The molecule has 178 valence electrons. The van der Waals surface area contributed by atoms with Gasteiger partial charge in [-0.2, -0.15) is 0 Å². The highest BCUT2D eigenvalue weighted by Gasteiger charge is 2.26. The first-order chi connectivity index (χ1) is 15.5. The van der Waals surface area contributed by atoms with E-state index in [4.69, 9.17) is 14.2 Å². The third kappa shape index (κ3) is 5.54. The molecule has 1 atom stereocenters. The molecule has 1 unspecified atom stereocenters. The van der Waals surface area contributed by atoms with Crippen molar-refractivity contribution in [1.82, 2.24) is 14.5 Å². The average Bonchev–Trinajstić information content (AvgIpc) is 3.05. The lowest BCUT2D eigenvalue weighted by Crippen LogP contribution is -2.29. The number of fused-ring (bicyclic) bond motifs is 1. The summed E-state index contributed by atoms with van der Waals surface area (Å²) in [6.07, 6.45) is 0.795. The zero-order chi connectivity index (χ0) is 24.3. The predicted molar refractivity (Wildman–Crippen MR) is 123 cm³/mol. The van der Waals surface area contributed by atoms with Gasteiger partial charge in [0, 0.05) is 6.26 Å². The number of H-pyrrole nitrogens is 1. The molecule has 3 aromatic rings. The van der Waals surface area contributed by atoms with Crippen molar-refractivity contribution < 1.29 is 27.4 Å². The number of nitrogens with one attached hydrogen (secondary N) is 1. The molecule has 0 saturated carbocycles. The molecule has 2 heterocycles. The molecule has 0 saturated heterocycles. The van der Waals surface area contributed by atoms with Crippen molar-refractivity contribution in [1.29, 1.82) is 0 Å². The molecular weight excluding hydrogens is 450 g/mol. The quantitative estimate of drug-likeness (QED) is 0.465. The van der Waals surface area contributed by atoms with Gasteiger partial charge >= 0.3 is 11.7 Å². The first-order valence-electron chi connectivity index (χ1n) is 10.3. The molecular formula is C22H27N3O7S. The van der Waals surface area contributed by atoms with E-state index in [1.807, 2.05) is 0 Å². The van der Waals surface area contributed by atoms with E-state index in [1.165, 1.54) is 23.8 Å². The van der Waals surface area contributed by atoms with Gasteiger partial charge in [-0.05, 0) is 51.1 Å². The zero-order valence-electron chi connectivity index (χ0n) is 19.1. The van der Waals surface area contributed by atoms with E-state index in [9.17, 15) is 18.0 Å². The van der Waals surface area contributed by atoms with Crippen LogP contribution in [0, 0.1) is 0 Å². The number of esters is 1. The third-order valence-electron chi connectivity index (χ3n) is 4.76. The van der Waals surface area contributed by atoms with Crippen molar-refractivity contribution >= 4 is 26.8 Å². The second-order valence-electron chi connectivity index (χ2n) is 7.77. The summed E-state index contributed by atoms with van der Waals surface area (Å²) in [5, 5.41) is 0. The fourth-order valence-corrected chi connectivity index (χ4v) is 4.34. The highest BCUT2D eigenvalue weighted by Crippen LogP contribution is 2.29. The molecule has 0 aliphatic heterocycles. The van der Waals surface area contributed by atoms with Gasteiger partial charge in [-0.15, -0.1) is 0 Å². The van der Waals surface area contributed by atoms with Crippen LogP contribution in [-0.4, -0.2) is 60.8 Å². The minimum absolute atomic E-state index is 0.197. The van der Waals surface area contributed by atoms with Crippen LogP contribution in [-0.2, 0) is 14.6 Å². The maximum atomic E-state index is 12.9. The summed E-state index contributed by atoms with van der Waals surface area (Å²) >= 11 is 0. The molecule has 0 bridgehead atoms. The maximum Gasteiger partial charge on any atom is 0.338 e. The summed E-state index contributed by atoms with van der Waals surface area (Å²) in [5.41, 5.74) is 0.839. The number of pyridine rings is 1. The third-order valence-corrected chi connectivity index (χ3v) is 5.68. The van der Waals surface area contributed by atoms with Crippen molar-refractivity contribution in [3.05, 3.63) is 52.1 Å². The van der Waals surface area contributed by atoms with Crippen molar-refractivity contribution in [2.75, 3.05) is 25.7 Å². The van der Waals surface area contributed by atoms with Gasteiger partial charge in [-0.25, -0.2) is 23.0 Å². The van der Waals surface area contributed by atoms with Gasteiger partial charge in [0.15, 0.2) is 5.75 Å². The average molecular weight is 478 g/mol. The fourth-order valence-electron chi connectivity index (χ4n) is 3.45. The summed E-state index contributed by atoms with van der Waals surface area (Å²) in [6.45, 7) is 5.59. The van der Waals surface area contributed by atoms with E-state index in [-0.39, 0.29) is 23.3 Å².